The van der Waals surface area contributed by atoms with Crippen LogP contribution in [0.4, 0.5) is 0 Å². The zero-order valence-electron chi connectivity index (χ0n) is 13.5. The van der Waals surface area contributed by atoms with E-state index in [2.05, 4.69) is 10.3 Å². The van der Waals surface area contributed by atoms with Gasteiger partial charge >= 0.3 is 0 Å². The summed E-state index contributed by atoms with van der Waals surface area (Å²) in [4.78, 5) is 16.6. The lowest BCUT2D eigenvalue weighted by atomic mass is 10.3. The van der Waals surface area contributed by atoms with Crippen LogP contribution in [-0.2, 0) is 23.6 Å². The third kappa shape index (κ3) is 3.34. The average Bonchev–Trinajstić information content (AvgIpc) is 3.24. The summed E-state index contributed by atoms with van der Waals surface area (Å²) < 4.78 is 28.2. The molecule has 0 aromatic carbocycles. The highest BCUT2D eigenvalue weighted by atomic mass is 32.2. The van der Waals surface area contributed by atoms with Crippen LogP contribution in [0.3, 0.4) is 0 Å². The first kappa shape index (κ1) is 16.7. The molecule has 3 heterocycles. The fourth-order valence-electron chi connectivity index (χ4n) is 2.74. The maximum absolute atomic E-state index is 12.6. The minimum atomic E-state index is -3.52. The largest absolute Gasteiger partial charge is 0.345 e. The first-order valence-electron chi connectivity index (χ1n) is 7.83. The number of amides is 1. The third-order valence-corrected chi connectivity index (χ3v) is 5.94. The Hall–Kier alpha value is -2.19. The van der Waals surface area contributed by atoms with Crippen LogP contribution in [0.25, 0.3) is 0 Å². The fourth-order valence-corrected chi connectivity index (χ4v) is 4.33. The van der Waals surface area contributed by atoms with Crippen LogP contribution < -0.4 is 5.32 Å². The molecule has 2 aromatic rings. The van der Waals surface area contributed by atoms with Crippen LogP contribution in [0.5, 0.6) is 0 Å². The quantitative estimate of drug-likeness (QED) is 0.878. The Morgan fingerprint density at radius 3 is 2.71 bits per heavy atom. The average molecular weight is 348 g/mol. The number of rotatable bonds is 5. The third-order valence-electron chi connectivity index (χ3n) is 4.07. The van der Waals surface area contributed by atoms with Gasteiger partial charge in [0.05, 0.1) is 12.2 Å². The second-order valence-electron chi connectivity index (χ2n) is 5.79. The number of aromatic nitrogens is 2. The van der Waals surface area contributed by atoms with Crippen LogP contribution in [0.1, 0.15) is 29.0 Å². The predicted molar refractivity (Wildman–Crippen MR) is 88.8 cm³/mol. The molecule has 0 saturated carbocycles. The number of nitrogens with zero attached hydrogens (tertiary/aromatic N) is 3. The van der Waals surface area contributed by atoms with Crippen molar-refractivity contribution in [3.63, 3.8) is 0 Å². The molecule has 0 radical (unpaired) electrons. The highest BCUT2D eigenvalue weighted by Gasteiger charge is 2.29. The summed E-state index contributed by atoms with van der Waals surface area (Å²) in [7, 11) is -1.86. The zero-order chi connectivity index (χ0) is 17.2. The number of carbonyl (C=O) groups excluding carboxylic acids is 1. The number of sulfonamides is 1. The van der Waals surface area contributed by atoms with Gasteiger partial charge in [-0.1, -0.05) is 6.07 Å². The van der Waals surface area contributed by atoms with Gasteiger partial charge in [0, 0.05) is 32.5 Å². The van der Waals surface area contributed by atoms with Crippen molar-refractivity contribution in [2.45, 2.75) is 24.3 Å². The van der Waals surface area contributed by atoms with Crippen molar-refractivity contribution < 1.29 is 13.2 Å². The summed E-state index contributed by atoms with van der Waals surface area (Å²) in [6, 6.07) is 6.89. The summed E-state index contributed by atoms with van der Waals surface area (Å²) in [5.41, 5.74) is 1.05. The summed E-state index contributed by atoms with van der Waals surface area (Å²) >= 11 is 0. The van der Waals surface area contributed by atoms with E-state index in [1.54, 1.807) is 19.3 Å². The maximum Gasteiger partial charge on any atom is 0.268 e. The van der Waals surface area contributed by atoms with Gasteiger partial charge in [0.25, 0.3) is 5.91 Å². The van der Waals surface area contributed by atoms with E-state index in [1.165, 1.54) is 21.1 Å². The molecule has 1 aliphatic rings. The van der Waals surface area contributed by atoms with Crippen molar-refractivity contribution in [3.8, 4) is 0 Å². The van der Waals surface area contributed by atoms with Gasteiger partial charge in [0.2, 0.25) is 10.0 Å². The molecule has 1 fully saturated rings. The summed E-state index contributed by atoms with van der Waals surface area (Å²) in [5.74, 6) is -0.328. The van der Waals surface area contributed by atoms with Crippen molar-refractivity contribution in [2.75, 3.05) is 13.1 Å². The summed E-state index contributed by atoms with van der Waals surface area (Å²) in [5, 5.41) is 2.76. The molecule has 128 valence electrons. The lowest BCUT2D eigenvalue weighted by Gasteiger charge is -2.13. The van der Waals surface area contributed by atoms with Crippen molar-refractivity contribution in [1.82, 2.24) is 19.2 Å². The molecule has 24 heavy (non-hydrogen) atoms. The Bertz CT molecular complexity index is 824. The normalized spacial score (nSPS) is 15.5. The standard InChI is InChI=1S/C16H20N4O3S/c1-19-12-14(24(22,23)20-8-4-5-9-20)10-15(19)16(21)18-11-13-6-2-3-7-17-13/h2-3,6-7,10,12H,4-5,8-9,11H2,1H3,(H,18,21). The van der Waals surface area contributed by atoms with Crippen molar-refractivity contribution >= 4 is 15.9 Å². The van der Waals surface area contributed by atoms with E-state index in [0.29, 0.717) is 25.3 Å². The van der Waals surface area contributed by atoms with Crippen LogP contribution >= 0.6 is 0 Å². The first-order valence-corrected chi connectivity index (χ1v) is 9.27. The molecule has 1 N–H and O–H groups in total. The van der Waals surface area contributed by atoms with E-state index < -0.39 is 10.0 Å². The SMILES string of the molecule is Cn1cc(S(=O)(=O)N2CCCC2)cc1C(=O)NCc1ccccn1. The smallest absolute Gasteiger partial charge is 0.268 e. The molecule has 1 saturated heterocycles. The molecular weight excluding hydrogens is 328 g/mol. The lowest BCUT2D eigenvalue weighted by Crippen LogP contribution is -2.27. The second-order valence-corrected chi connectivity index (χ2v) is 7.72. The molecule has 7 nitrogen and oxygen atoms in total. The van der Waals surface area contributed by atoms with E-state index >= 15 is 0 Å². The molecular formula is C16H20N4O3S. The van der Waals surface area contributed by atoms with Crippen LogP contribution in [-0.4, -0.2) is 41.3 Å². The molecule has 0 aliphatic carbocycles. The molecule has 0 unspecified atom stereocenters. The Morgan fingerprint density at radius 2 is 2.04 bits per heavy atom. The molecule has 0 bridgehead atoms. The number of aryl methyl sites for hydroxylation is 1. The van der Waals surface area contributed by atoms with Gasteiger partial charge < -0.3 is 9.88 Å². The minimum absolute atomic E-state index is 0.162. The highest BCUT2D eigenvalue weighted by molar-refractivity contribution is 7.89. The lowest BCUT2D eigenvalue weighted by molar-refractivity contribution is 0.0942. The van der Waals surface area contributed by atoms with Crippen molar-refractivity contribution in [2.24, 2.45) is 7.05 Å². The Labute approximate surface area is 141 Å². The van der Waals surface area contributed by atoms with Gasteiger partial charge in [-0.15, -0.1) is 0 Å². The Kier molecular flexibility index (Phi) is 4.68. The molecule has 0 atom stereocenters. The van der Waals surface area contributed by atoms with Gasteiger partial charge in [-0.05, 0) is 31.0 Å². The minimum Gasteiger partial charge on any atom is -0.345 e. The van der Waals surface area contributed by atoms with Gasteiger partial charge in [0.15, 0.2) is 0 Å². The van der Waals surface area contributed by atoms with Gasteiger partial charge in [-0.2, -0.15) is 4.31 Å². The number of carbonyl (C=O) groups is 1. The number of hydrogen-bond acceptors (Lipinski definition) is 4. The number of hydrogen-bond donors (Lipinski definition) is 1. The van der Waals surface area contributed by atoms with E-state index in [9.17, 15) is 13.2 Å². The van der Waals surface area contributed by atoms with Gasteiger partial charge in [0.1, 0.15) is 10.6 Å². The monoisotopic (exact) mass is 348 g/mol. The summed E-state index contributed by atoms with van der Waals surface area (Å²) in [6.45, 7) is 1.37. The van der Waals surface area contributed by atoms with E-state index in [0.717, 1.165) is 18.5 Å². The van der Waals surface area contributed by atoms with Crippen molar-refractivity contribution in [1.29, 1.82) is 0 Å². The number of nitrogens with one attached hydrogen (secondary N) is 1. The second kappa shape index (κ2) is 6.74. The van der Waals surface area contributed by atoms with Crippen LogP contribution in [0.15, 0.2) is 41.6 Å². The molecule has 8 heteroatoms. The topological polar surface area (TPSA) is 84.3 Å². The van der Waals surface area contributed by atoms with E-state index in [1.807, 2.05) is 12.1 Å². The van der Waals surface area contributed by atoms with E-state index in [-0.39, 0.29) is 10.8 Å². The zero-order valence-corrected chi connectivity index (χ0v) is 14.3. The van der Waals surface area contributed by atoms with Crippen molar-refractivity contribution in [3.05, 3.63) is 48.0 Å². The maximum atomic E-state index is 12.6. The van der Waals surface area contributed by atoms with Gasteiger partial charge in [-0.3, -0.25) is 9.78 Å². The summed E-state index contributed by atoms with van der Waals surface area (Å²) in [6.07, 6.45) is 4.90. The van der Waals surface area contributed by atoms with Gasteiger partial charge in [-0.25, -0.2) is 8.42 Å². The molecule has 0 spiro atoms. The first-order chi connectivity index (χ1) is 11.5. The van der Waals surface area contributed by atoms with Crippen LogP contribution in [0, 0.1) is 0 Å². The van der Waals surface area contributed by atoms with E-state index in [4.69, 9.17) is 0 Å². The molecule has 2 aromatic heterocycles. The fraction of sp³-hybridized carbons (Fsp3) is 0.375. The Balaban J connectivity index is 1.75. The molecule has 3 rings (SSSR count). The van der Waals surface area contributed by atoms with Crippen LogP contribution in [0.2, 0.25) is 0 Å². The number of pyridine rings is 1. The molecule has 1 aliphatic heterocycles. The highest BCUT2D eigenvalue weighted by Crippen LogP contribution is 2.22. The Morgan fingerprint density at radius 1 is 1.29 bits per heavy atom. The molecule has 1 amide bonds. The predicted octanol–water partition coefficient (Wildman–Crippen LogP) is 1.13.